The Balaban J connectivity index is 0.558. The zero-order chi connectivity index (χ0) is 63.6. The van der Waals surface area contributed by atoms with E-state index in [-0.39, 0.29) is 16.2 Å². The Bertz CT molecular complexity index is 6060. The van der Waals surface area contributed by atoms with Gasteiger partial charge in [-0.25, -0.2) is 0 Å². The minimum atomic E-state index is -0.170. The molecule has 0 spiro atoms. The van der Waals surface area contributed by atoms with E-state index in [4.69, 9.17) is 0 Å². The van der Waals surface area contributed by atoms with Crippen LogP contribution in [0.1, 0.15) is 97.2 Å². The second-order valence-electron chi connectivity index (χ2n) is 28.5. The quantitative estimate of drug-likeness (QED) is 0.134. The van der Waals surface area contributed by atoms with Gasteiger partial charge in [0.05, 0.1) is 27.8 Å². The molecule has 0 amide bonds. The lowest BCUT2D eigenvalue weighted by Gasteiger charge is -2.22. The molecule has 2 nitrogen and oxygen atoms in total. The molecule has 2 aromatic heterocycles. The Hall–Kier alpha value is -11.3. The minimum Gasteiger partial charge on any atom is -0.309 e. The first-order chi connectivity index (χ1) is 46.3. The molecule has 14 aromatic carbocycles. The Labute approximate surface area is 554 Å². The van der Waals surface area contributed by atoms with E-state index in [2.05, 4.69) is 354 Å². The molecule has 0 N–H and O–H groups in total. The minimum absolute atomic E-state index is 0.159. The molecule has 95 heavy (non-hydrogen) atoms. The predicted molar refractivity (Wildman–Crippen MR) is 404 cm³/mol. The summed E-state index contributed by atoms with van der Waals surface area (Å²) in [6, 6.07) is 105. The fraction of sp³-hybridized carbons (Fsp3) is 0.0968. The molecule has 0 bridgehead atoms. The SMILES string of the molecule is CC1(C)c2cc(/C=C/c3ccc4c(c3)C(C)(C)c3cc(-c5ccc6c(c5)c5ccccc5n6-c5ccc6ccccc6c5)ccc3-4)ccc2-c2ccc(/C=C/c3ccc4c(c3)C(C)(C)c3cc(-c5ccc6c(c5)c5ccccc5n6-c5cccc6ccccc56)ccc3-4)cc21. The summed E-state index contributed by atoms with van der Waals surface area (Å²) in [6.07, 6.45) is 9.22. The van der Waals surface area contributed by atoms with Gasteiger partial charge < -0.3 is 9.13 Å². The maximum Gasteiger partial charge on any atom is 0.0541 e. The molecule has 16 aromatic rings. The molecule has 0 radical (unpaired) electrons. The van der Waals surface area contributed by atoms with Gasteiger partial charge in [0.1, 0.15) is 0 Å². The van der Waals surface area contributed by atoms with Crippen molar-refractivity contribution in [3.05, 3.63) is 335 Å². The number of fused-ring (bicyclic) bond motifs is 17. The molecule has 0 unspecified atom stereocenters. The van der Waals surface area contributed by atoms with Gasteiger partial charge in [0.2, 0.25) is 0 Å². The van der Waals surface area contributed by atoms with Crippen molar-refractivity contribution in [3.63, 3.8) is 0 Å². The van der Waals surface area contributed by atoms with Crippen molar-refractivity contribution in [2.45, 2.75) is 57.8 Å². The maximum absolute atomic E-state index is 2.46. The third-order valence-electron chi connectivity index (χ3n) is 22.1. The van der Waals surface area contributed by atoms with Crippen LogP contribution in [0.2, 0.25) is 0 Å². The van der Waals surface area contributed by atoms with Gasteiger partial charge in [-0.1, -0.05) is 278 Å². The Morgan fingerprint density at radius 3 is 1.06 bits per heavy atom. The van der Waals surface area contributed by atoms with Crippen LogP contribution in [0.5, 0.6) is 0 Å². The molecule has 0 aliphatic heterocycles. The van der Waals surface area contributed by atoms with Gasteiger partial charge in [0, 0.05) is 48.9 Å². The lowest BCUT2D eigenvalue weighted by atomic mass is 9.81. The highest BCUT2D eigenvalue weighted by molar-refractivity contribution is 6.13. The predicted octanol–water partition coefficient (Wildman–Crippen LogP) is 24.8. The van der Waals surface area contributed by atoms with E-state index in [0.717, 1.165) is 0 Å². The van der Waals surface area contributed by atoms with E-state index in [1.165, 1.54) is 188 Å². The zero-order valence-corrected chi connectivity index (χ0v) is 54.3. The van der Waals surface area contributed by atoms with Gasteiger partial charge >= 0.3 is 0 Å². The van der Waals surface area contributed by atoms with E-state index >= 15 is 0 Å². The van der Waals surface area contributed by atoms with Gasteiger partial charge in [0.15, 0.2) is 0 Å². The van der Waals surface area contributed by atoms with Crippen molar-refractivity contribution in [2.24, 2.45) is 0 Å². The summed E-state index contributed by atoms with van der Waals surface area (Å²) < 4.78 is 4.87. The topological polar surface area (TPSA) is 9.86 Å². The van der Waals surface area contributed by atoms with Gasteiger partial charge in [-0.15, -0.1) is 0 Å². The maximum atomic E-state index is 2.46. The summed E-state index contributed by atoms with van der Waals surface area (Å²) in [6.45, 7) is 14.4. The molecule has 19 rings (SSSR count). The van der Waals surface area contributed by atoms with Crippen LogP contribution in [0.3, 0.4) is 0 Å². The lowest BCUT2D eigenvalue weighted by molar-refractivity contribution is 0.660. The number of rotatable bonds is 8. The first-order valence-electron chi connectivity index (χ1n) is 33.6. The van der Waals surface area contributed by atoms with Crippen LogP contribution in [0.15, 0.2) is 279 Å². The van der Waals surface area contributed by atoms with Crippen LogP contribution in [0.25, 0.3) is 156 Å². The van der Waals surface area contributed by atoms with Crippen LogP contribution in [-0.4, -0.2) is 9.13 Å². The van der Waals surface area contributed by atoms with Crippen molar-refractivity contribution in [3.8, 4) is 67.0 Å². The summed E-state index contributed by atoms with van der Waals surface area (Å²) in [5.41, 5.74) is 32.8. The number of hydrogen-bond donors (Lipinski definition) is 0. The number of hydrogen-bond acceptors (Lipinski definition) is 0. The number of nitrogens with zero attached hydrogens (tertiary/aromatic N) is 2. The average molecular weight is 1210 g/mol. The number of aromatic nitrogens is 2. The van der Waals surface area contributed by atoms with Crippen molar-refractivity contribution >= 4 is 89.5 Å². The third kappa shape index (κ3) is 8.36. The normalized spacial score (nSPS) is 14.6. The molecule has 0 fully saturated rings. The molecule has 450 valence electrons. The van der Waals surface area contributed by atoms with Crippen LogP contribution >= 0.6 is 0 Å². The fourth-order valence-electron chi connectivity index (χ4n) is 17.0. The summed E-state index contributed by atoms with van der Waals surface area (Å²) in [5, 5.41) is 10.1. The molecule has 3 aliphatic carbocycles. The van der Waals surface area contributed by atoms with Gasteiger partial charge in [0.25, 0.3) is 0 Å². The van der Waals surface area contributed by atoms with Crippen molar-refractivity contribution in [1.82, 2.24) is 9.13 Å². The second-order valence-corrected chi connectivity index (χ2v) is 28.5. The van der Waals surface area contributed by atoms with Crippen LogP contribution in [0.4, 0.5) is 0 Å². The van der Waals surface area contributed by atoms with Crippen LogP contribution in [0, 0.1) is 0 Å². The summed E-state index contributed by atoms with van der Waals surface area (Å²) in [7, 11) is 0. The Morgan fingerprint density at radius 2 is 0.579 bits per heavy atom. The Morgan fingerprint density at radius 1 is 0.232 bits per heavy atom. The second kappa shape index (κ2) is 20.3. The highest BCUT2D eigenvalue weighted by Gasteiger charge is 2.39. The molecule has 0 atom stereocenters. The van der Waals surface area contributed by atoms with Gasteiger partial charge in [-0.3, -0.25) is 0 Å². The van der Waals surface area contributed by atoms with E-state index in [9.17, 15) is 0 Å². The molecular formula is C93H68N2. The standard InChI is InChI=1S/C93H68N2/c1-91(2)80-48-57(26-28-59-32-42-72-74-44-35-66(55-84(74)92(3,4)82(72)50-59)64-37-46-89-78(53-64)76-21-11-13-23-87(76)94(89)68-39-34-61-16-7-8-18-63(61)52-68)30-40-70(80)71-41-31-58(49-81(71)91)27-29-60-33-43-73-75-45-36-67(56-85(75)93(5,6)83(73)51-60)65-38-47-90-79(54-65)77-22-12-14-24-88(77)95(90)86-25-15-19-62-17-9-10-20-69(62)86/h7-56H,1-6H3/b28-26+,29-27+. The Kier molecular flexibility index (Phi) is 11.8. The summed E-state index contributed by atoms with van der Waals surface area (Å²) >= 11 is 0. The van der Waals surface area contributed by atoms with Crippen LogP contribution < -0.4 is 0 Å². The molecular weight excluding hydrogens is 1150 g/mol. The van der Waals surface area contributed by atoms with E-state index in [1.54, 1.807) is 0 Å². The fourth-order valence-corrected chi connectivity index (χ4v) is 17.0. The number of para-hydroxylation sites is 2. The average Bonchev–Trinajstić information content (AvgIpc) is 1.60. The number of benzene rings is 14. The third-order valence-corrected chi connectivity index (χ3v) is 22.1. The lowest BCUT2D eigenvalue weighted by Crippen LogP contribution is -2.15. The van der Waals surface area contributed by atoms with Gasteiger partial charge in [-0.05, 0) is 194 Å². The highest BCUT2D eigenvalue weighted by atomic mass is 15.0. The van der Waals surface area contributed by atoms with Crippen molar-refractivity contribution in [2.75, 3.05) is 0 Å². The first-order valence-corrected chi connectivity index (χ1v) is 33.6. The van der Waals surface area contributed by atoms with Crippen molar-refractivity contribution < 1.29 is 0 Å². The largest absolute Gasteiger partial charge is 0.309 e. The first kappa shape index (κ1) is 55.3. The van der Waals surface area contributed by atoms with E-state index in [1.807, 2.05) is 0 Å². The molecule has 0 saturated heterocycles. The highest BCUT2D eigenvalue weighted by Crippen LogP contribution is 2.54. The molecule has 2 heteroatoms. The van der Waals surface area contributed by atoms with E-state index < -0.39 is 0 Å². The molecule has 2 heterocycles. The molecule has 0 saturated carbocycles. The monoisotopic (exact) mass is 1210 g/mol. The van der Waals surface area contributed by atoms with E-state index in [0.29, 0.717) is 0 Å². The van der Waals surface area contributed by atoms with Gasteiger partial charge in [-0.2, -0.15) is 0 Å². The van der Waals surface area contributed by atoms with Crippen LogP contribution in [-0.2, 0) is 16.2 Å². The summed E-state index contributed by atoms with van der Waals surface area (Å²) in [5.74, 6) is 0. The molecule has 3 aliphatic rings. The zero-order valence-electron chi connectivity index (χ0n) is 54.3. The summed E-state index contributed by atoms with van der Waals surface area (Å²) in [4.78, 5) is 0. The van der Waals surface area contributed by atoms with Crippen molar-refractivity contribution in [1.29, 1.82) is 0 Å². The smallest absolute Gasteiger partial charge is 0.0541 e.